The number of fused-ring (bicyclic) bond motifs is 1. The number of aromatic hydroxyl groups is 1. The van der Waals surface area contributed by atoms with Crippen LogP contribution in [0.25, 0.3) is 11.4 Å². The van der Waals surface area contributed by atoms with Gasteiger partial charge in [0.1, 0.15) is 11.6 Å². The molecule has 3 heterocycles. The molecule has 1 aliphatic heterocycles. The number of aryl methyl sites for hydroxylation is 2. The minimum Gasteiger partial charge on any atom is -0.507 e. The lowest BCUT2D eigenvalue weighted by Gasteiger charge is -2.22. The molecule has 146 valence electrons. The van der Waals surface area contributed by atoms with E-state index in [9.17, 15) is 10.2 Å². The number of nitrogens with zero attached hydrogens (tertiary/aromatic N) is 5. The third kappa shape index (κ3) is 3.57. The van der Waals surface area contributed by atoms with Crippen LogP contribution in [0.2, 0.25) is 0 Å². The second kappa shape index (κ2) is 7.59. The van der Waals surface area contributed by atoms with Crippen LogP contribution >= 0.6 is 0 Å². The lowest BCUT2D eigenvalue weighted by molar-refractivity contribution is 0.168. The molecule has 0 aliphatic carbocycles. The van der Waals surface area contributed by atoms with E-state index >= 15 is 0 Å². The normalized spacial score (nSPS) is 15.2. The summed E-state index contributed by atoms with van der Waals surface area (Å²) in [5.74, 6) is 1.53. The number of phenolic OH excluding ortho intramolecular Hbond substituents is 1. The first kappa shape index (κ1) is 18.4. The molecule has 3 aromatic rings. The molecule has 7 nitrogen and oxygen atoms in total. The molecule has 0 unspecified atom stereocenters. The van der Waals surface area contributed by atoms with Gasteiger partial charge in [0, 0.05) is 24.8 Å². The molecule has 7 heteroatoms. The van der Waals surface area contributed by atoms with Gasteiger partial charge in [-0.1, -0.05) is 19.1 Å². The molecule has 0 bridgehead atoms. The van der Waals surface area contributed by atoms with Crippen molar-refractivity contribution in [3.63, 3.8) is 0 Å². The van der Waals surface area contributed by atoms with Crippen LogP contribution in [0.1, 0.15) is 43.0 Å². The summed E-state index contributed by atoms with van der Waals surface area (Å²) in [7, 11) is 0. The average Bonchev–Trinajstić information content (AvgIpc) is 2.98. The first-order chi connectivity index (χ1) is 13.5. The van der Waals surface area contributed by atoms with Crippen molar-refractivity contribution in [2.24, 2.45) is 0 Å². The van der Waals surface area contributed by atoms with E-state index in [1.807, 2.05) is 42.8 Å². The first-order valence-corrected chi connectivity index (χ1v) is 9.69. The number of hydrogen-bond acceptors (Lipinski definition) is 6. The highest BCUT2D eigenvalue weighted by molar-refractivity contribution is 5.65. The fourth-order valence-corrected chi connectivity index (χ4v) is 3.55. The molecule has 1 aromatic carbocycles. The van der Waals surface area contributed by atoms with Gasteiger partial charge in [-0.2, -0.15) is 5.10 Å². The minimum absolute atomic E-state index is 0.172. The van der Waals surface area contributed by atoms with Gasteiger partial charge in [-0.25, -0.2) is 9.97 Å². The van der Waals surface area contributed by atoms with Crippen molar-refractivity contribution >= 4 is 5.82 Å². The summed E-state index contributed by atoms with van der Waals surface area (Å²) in [6, 6.07) is 11.1. The second-order valence-corrected chi connectivity index (χ2v) is 7.19. The lowest BCUT2D eigenvalue weighted by Crippen LogP contribution is -2.24. The molecular weight excluding hydrogens is 354 g/mol. The molecule has 1 aliphatic rings. The van der Waals surface area contributed by atoms with Crippen LogP contribution in [0.5, 0.6) is 5.75 Å². The number of aliphatic hydroxyl groups is 1. The van der Waals surface area contributed by atoms with E-state index in [-0.39, 0.29) is 5.75 Å². The predicted molar refractivity (Wildman–Crippen MR) is 107 cm³/mol. The van der Waals surface area contributed by atoms with E-state index in [0.717, 1.165) is 42.4 Å². The van der Waals surface area contributed by atoms with E-state index in [1.54, 1.807) is 12.1 Å². The van der Waals surface area contributed by atoms with Gasteiger partial charge < -0.3 is 15.1 Å². The number of aromatic nitrogens is 4. The number of benzene rings is 1. The van der Waals surface area contributed by atoms with Crippen molar-refractivity contribution in [1.82, 2.24) is 19.7 Å². The minimum atomic E-state index is -0.526. The van der Waals surface area contributed by atoms with Crippen LogP contribution in [0, 0.1) is 6.92 Å². The molecular formula is C21H25N5O2. The Hall–Kier alpha value is -2.93. The Labute approximate surface area is 164 Å². The topological polar surface area (TPSA) is 87.3 Å². The third-order valence-corrected chi connectivity index (χ3v) is 5.07. The number of para-hydroxylation sites is 1. The van der Waals surface area contributed by atoms with Gasteiger partial charge in [-0.15, -0.1) is 0 Å². The largest absolute Gasteiger partial charge is 0.507 e. The zero-order chi connectivity index (χ0) is 19.7. The summed E-state index contributed by atoms with van der Waals surface area (Å²) in [5.41, 5.74) is 3.28. The van der Waals surface area contributed by atoms with Crippen LogP contribution in [0.4, 0.5) is 5.82 Å². The third-order valence-electron chi connectivity index (χ3n) is 5.07. The maximum atomic E-state index is 10.2. The molecule has 0 saturated carbocycles. The predicted octanol–water partition coefficient (Wildman–Crippen LogP) is 3.21. The monoisotopic (exact) mass is 379 g/mol. The van der Waals surface area contributed by atoms with Gasteiger partial charge in [0.15, 0.2) is 5.82 Å². The summed E-state index contributed by atoms with van der Waals surface area (Å²) in [4.78, 5) is 11.5. The summed E-state index contributed by atoms with van der Waals surface area (Å²) in [6.07, 6.45) is 1.06. The highest BCUT2D eigenvalue weighted by Gasteiger charge is 2.21. The first-order valence-electron chi connectivity index (χ1n) is 9.69. The zero-order valence-electron chi connectivity index (χ0n) is 16.2. The van der Waals surface area contributed by atoms with Crippen LogP contribution in [-0.4, -0.2) is 36.5 Å². The van der Waals surface area contributed by atoms with Gasteiger partial charge in [-0.05, 0) is 38.0 Å². The molecule has 0 spiro atoms. The molecule has 0 fully saturated rings. The lowest BCUT2D eigenvalue weighted by atomic mass is 10.2. The van der Waals surface area contributed by atoms with Gasteiger partial charge in [0.2, 0.25) is 0 Å². The molecule has 0 saturated heterocycles. The maximum absolute atomic E-state index is 10.2. The molecule has 0 amide bonds. The van der Waals surface area contributed by atoms with Crippen molar-refractivity contribution in [2.75, 3.05) is 11.4 Å². The Morgan fingerprint density at radius 3 is 2.75 bits per heavy atom. The summed E-state index contributed by atoms with van der Waals surface area (Å²) < 4.78 is 1.99. The Morgan fingerprint density at radius 1 is 1.14 bits per heavy atom. The quantitative estimate of drug-likeness (QED) is 0.724. The van der Waals surface area contributed by atoms with E-state index < -0.39 is 6.10 Å². The Balaban J connectivity index is 1.67. The Kier molecular flexibility index (Phi) is 5.00. The van der Waals surface area contributed by atoms with E-state index in [4.69, 9.17) is 4.98 Å². The van der Waals surface area contributed by atoms with Gasteiger partial charge in [-0.3, -0.25) is 4.68 Å². The number of hydrogen-bond donors (Lipinski definition) is 2. The number of rotatable bonds is 4. The van der Waals surface area contributed by atoms with E-state index in [1.165, 1.54) is 0 Å². The SMILES string of the molecule is CC[C@@H](O)c1cc2n(n1)CCCN(c1cc(C)nc(-c3ccccc3O)n1)C2. The Bertz CT molecular complexity index is 985. The molecule has 1 atom stereocenters. The highest BCUT2D eigenvalue weighted by Crippen LogP contribution is 2.29. The van der Waals surface area contributed by atoms with Crippen LogP contribution in [-0.2, 0) is 13.1 Å². The summed E-state index contributed by atoms with van der Waals surface area (Å²) in [6.45, 7) is 6.22. The van der Waals surface area contributed by atoms with Crippen molar-refractivity contribution < 1.29 is 10.2 Å². The van der Waals surface area contributed by atoms with Crippen LogP contribution in [0.15, 0.2) is 36.4 Å². The Morgan fingerprint density at radius 2 is 1.96 bits per heavy atom. The fraction of sp³-hybridized carbons (Fsp3) is 0.381. The van der Waals surface area contributed by atoms with Crippen molar-refractivity contribution in [3.8, 4) is 17.1 Å². The molecule has 2 N–H and O–H groups in total. The standard InChI is InChI=1S/C21H25N5O2/c1-3-18(27)17-12-15-13-25(9-6-10-26(15)24-17)20-11-14(2)22-21(23-20)16-7-4-5-8-19(16)28/h4-5,7-8,11-12,18,27-28H,3,6,9-10,13H2,1-2H3/t18-/m1/s1. The molecule has 4 rings (SSSR count). The molecule has 2 aromatic heterocycles. The average molecular weight is 379 g/mol. The number of anilines is 1. The van der Waals surface area contributed by atoms with Crippen molar-refractivity contribution in [2.45, 2.75) is 45.9 Å². The zero-order valence-corrected chi connectivity index (χ0v) is 16.2. The van der Waals surface area contributed by atoms with Crippen LogP contribution in [0.3, 0.4) is 0 Å². The fourth-order valence-electron chi connectivity index (χ4n) is 3.55. The van der Waals surface area contributed by atoms with Gasteiger partial charge in [0.05, 0.1) is 29.6 Å². The van der Waals surface area contributed by atoms with Crippen molar-refractivity contribution in [3.05, 3.63) is 53.5 Å². The summed E-state index contributed by atoms with van der Waals surface area (Å²) >= 11 is 0. The smallest absolute Gasteiger partial charge is 0.165 e. The van der Waals surface area contributed by atoms with E-state index in [0.29, 0.717) is 24.4 Å². The van der Waals surface area contributed by atoms with Crippen LogP contribution < -0.4 is 4.90 Å². The van der Waals surface area contributed by atoms with E-state index in [2.05, 4.69) is 15.0 Å². The molecule has 0 radical (unpaired) electrons. The number of aliphatic hydroxyl groups excluding tert-OH is 1. The molecule has 28 heavy (non-hydrogen) atoms. The summed E-state index contributed by atoms with van der Waals surface area (Å²) in [5, 5.41) is 24.9. The highest BCUT2D eigenvalue weighted by atomic mass is 16.3. The second-order valence-electron chi connectivity index (χ2n) is 7.19. The van der Waals surface area contributed by atoms with Gasteiger partial charge in [0.25, 0.3) is 0 Å². The van der Waals surface area contributed by atoms with Gasteiger partial charge >= 0.3 is 0 Å². The maximum Gasteiger partial charge on any atom is 0.165 e. The number of phenols is 1. The van der Waals surface area contributed by atoms with Crippen molar-refractivity contribution in [1.29, 1.82) is 0 Å².